The van der Waals surface area contributed by atoms with E-state index in [4.69, 9.17) is 11.6 Å². The molecule has 0 saturated carbocycles. The van der Waals surface area contributed by atoms with E-state index < -0.39 is 10.8 Å². The molecule has 0 bridgehead atoms. The minimum Gasteiger partial charge on any atom is -0.355 e. The molecule has 3 aromatic rings. The Kier molecular flexibility index (Phi) is 6.61. The molecule has 0 aliphatic carbocycles. The van der Waals surface area contributed by atoms with E-state index in [2.05, 4.69) is 20.4 Å². The molecule has 1 aromatic heterocycles. The van der Waals surface area contributed by atoms with E-state index in [1.807, 2.05) is 24.3 Å². The fourth-order valence-corrected chi connectivity index (χ4v) is 3.96. The smallest absolute Gasteiger partial charge is 0.270 e. The van der Waals surface area contributed by atoms with Crippen LogP contribution in [0.15, 0.2) is 54.6 Å². The fraction of sp³-hybridized carbons (Fsp3) is 0.261. The molecule has 0 radical (unpaired) electrons. The summed E-state index contributed by atoms with van der Waals surface area (Å²) in [5.41, 5.74) is 2.06. The summed E-state index contributed by atoms with van der Waals surface area (Å²) >= 11 is 6.06. The van der Waals surface area contributed by atoms with Gasteiger partial charge in [0.15, 0.2) is 5.82 Å². The number of nitrogens with zero attached hydrogens (tertiary/aromatic N) is 4. The third-order valence-corrected chi connectivity index (χ3v) is 5.72. The zero-order chi connectivity index (χ0) is 22.5. The van der Waals surface area contributed by atoms with Crippen LogP contribution in [0.25, 0.3) is 11.3 Å². The molecule has 164 valence electrons. The number of nitro benzene ring substituents is 1. The highest BCUT2D eigenvalue weighted by molar-refractivity contribution is 6.34. The molecule has 0 spiro atoms. The van der Waals surface area contributed by atoms with Gasteiger partial charge in [-0.1, -0.05) is 36.6 Å². The van der Waals surface area contributed by atoms with Gasteiger partial charge in [0, 0.05) is 36.5 Å². The topological polar surface area (TPSA) is 101 Å². The van der Waals surface area contributed by atoms with Crippen molar-refractivity contribution in [1.82, 2.24) is 10.2 Å². The molecule has 8 nitrogen and oxygen atoms in total. The maximum atomic E-state index is 12.6. The van der Waals surface area contributed by atoms with Gasteiger partial charge in [-0.25, -0.2) is 0 Å². The standard InChI is InChI=1S/C23H22ClN5O3/c24-20-15-18(29(31)32)8-9-19(20)23(30)25-17-7-5-6-16(14-17)21-10-11-22(27-26-21)28-12-3-1-2-4-13-28/h5-11,14-15H,1-4,12-13H2,(H,25,30). The number of hydrogen-bond acceptors (Lipinski definition) is 6. The monoisotopic (exact) mass is 451 g/mol. The fourth-order valence-electron chi connectivity index (χ4n) is 3.70. The predicted molar refractivity (Wildman–Crippen MR) is 124 cm³/mol. The molecule has 9 heteroatoms. The molecule has 32 heavy (non-hydrogen) atoms. The number of amides is 1. The molecule has 1 N–H and O–H groups in total. The number of carbonyl (C=O) groups is 1. The summed E-state index contributed by atoms with van der Waals surface area (Å²) in [6.07, 6.45) is 4.85. The molecule has 0 atom stereocenters. The number of rotatable bonds is 5. The first-order valence-corrected chi connectivity index (χ1v) is 10.8. The van der Waals surface area contributed by atoms with Gasteiger partial charge in [-0.05, 0) is 43.2 Å². The number of hydrogen-bond donors (Lipinski definition) is 1. The molecule has 1 saturated heterocycles. The zero-order valence-corrected chi connectivity index (χ0v) is 18.1. The number of aromatic nitrogens is 2. The van der Waals surface area contributed by atoms with Crippen LogP contribution in [0.4, 0.5) is 17.2 Å². The van der Waals surface area contributed by atoms with Gasteiger partial charge in [-0.3, -0.25) is 14.9 Å². The van der Waals surface area contributed by atoms with Gasteiger partial charge in [-0.15, -0.1) is 10.2 Å². The first kappa shape index (κ1) is 21.7. The summed E-state index contributed by atoms with van der Waals surface area (Å²) in [6, 6.07) is 14.9. The molecule has 1 aliphatic heterocycles. The summed E-state index contributed by atoms with van der Waals surface area (Å²) in [7, 11) is 0. The van der Waals surface area contributed by atoms with Gasteiger partial charge < -0.3 is 10.2 Å². The van der Waals surface area contributed by atoms with Crippen LogP contribution in [-0.4, -0.2) is 34.1 Å². The Balaban J connectivity index is 1.49. The number of nitrogens with one attached hydrogen (secondary N) is 1. The van der Waals surface area contributed by atoms with Gasteiger partial charge in [-0.2, -0.15) is 0 Å². The predicted octanol–water partition coefficient (Wildman–Crippen LogP) is 5.34. The van der Waals surface area contributed by atoms with Crippen molar-refractivity contribution in [2.45, 2.75) is 25.7 Å². The average Bonchev–Trinajstić information content (AvgIpc) is 3.09. The van der Waals surface area contributed by atoms with Crippen LogP contribution in [-0.2, 0) is 0 Å². The first-order valence-electron chi connectivity index (χ1n) is 10.5. The summed E-state index contributed by atoms with van der Waals surface area (Å²) in [4.78, 5) is 25.2. The van der Waals surface area contributed by atoms with Crippen LogP contribution in [0.3, 0.4) is 0 Å². The first-order chi connectivity index (χ1) is 15.5. The number of benzene rings is 2. The average molecular weight is 452 g/mol. The maximum Gasteiger partial charge on any atom is 0.270 e. The molecule has 1 aliphatic rings. The molecule has 1 amide bonds. The Bertz CT molecular complexity index is 1130. The van der Waals surface area contributed by atoms with Crippen LogP contribution in [0.2, 0.25) is 5.02 Å². The molecular weight excluding hydrogens is 430 g/mol. The summed E-state index contributed by atoms with van der Waals surface area (Å²) in [6.45, 7) is 2.00. The van der Waals surface area contributed by atoms with E-state index in [1.165, 1.54) is 37.8 Å². The highest BCUT2D eigenvalue weighted by atomic mass is 35.5. The van der Waals surface area contributed by atoms with Crippen molar-refractivity contribution < 1.29 is 9.72 Å². The highest BCUT2D eigenvalue weighted by Gasteiger charge is 2.16. The normalized spacial score (nSPS) is 14.0. The lowest BCUT2D eigenvalue weighted by molar-refractivity contribution is -0.384. The summed E-state index contributed by atoms with van der Waals surface area (Å²) in [5.74, 6) is 0.428. The molecular formula is C23H22ClN5O3. The molecule has 2 aromatic carbocycles. The van der Waals surface area contributed by atoms with Crippen molar-refractivity contribution in [3.63, 3.8) is 0 Å². The van der Waals surface area contributed by atoms with E-state index in [0.29, 0.717) is 11.4 Å². The van der Waals surface area contributed by atoms with Crippen LogP contribution >= 0.6 is 11.6 Å². The van der Waals surface area contributed by atoms with Crippen LogP contribution < -0.4 is 10.2 Å². The second-order valence-electron chi connectivity index (χ2n) is 7.63. The third-order valence-electron chi connectivity index (χ3n) is 5.40. The van der Waals surface area contributed by atoms with E-state index in [-0.39, 0.29) is 16.3 Å². The van der Waals surface area contributed by atoms with Crippen molar-refractivity contribution in [2.75, 3.05) is 23.3 Å². The highest BCUT2D eigenvalue weighted by Crippen LogP contribution is 2.26. The SMILES string of the molecule is O=C(Nc1cccc(-c2ccc(N3CCCCCC3)nn2)c1)c1ccc([N+](=O)[O-])cc1Cl. The van der Waals surface area contributed by atoms with Gasteiger partial charge in [0.05, 0.1) is 21.2 Å². The van der Waals surface area contributed by atoms with Gasteiger partial charge >= 0.3 is 0 Å². The number of non-ortho nitro benzene ring substituents is 1. The van der Waals surface area contributed by atoms with Gasteiger partial charge in [0.2, 0.25) is 0 Å². The van der Waals surface area contributed by atoms with Crippen molar-refractivity contribution in [2.24, 2.45) is 0 Å². The molecule has 2 heterocycles. The number of anilines is 2. The minimum atomic E-state index is -0.559. The Morgan fingerprint density at radius 3 is 2.44 bits per heavy atom. The number of halogens is 1. The minimum absolute atomic E-state index is 0.0165. The van der Waals surface area contributed by atoms with E-state index in [0.717, 1.165) is 30.5 Å². The zero-order valence-electron chi connectivity index (χ0n) is 17.3. The van der Waals surface area contributed by atoms with Crippen molar-refractivity contribution in [1.29, 1.82) is 0 Å². The molecule has 0 unspecified atom stereocenters. The maximum absolute atomic E-state index is 12.6. The summed E-state index contributed by atoms with van der Waals surface area (Å²) < 4.78 is 0. The second-order valence-corrected chi connectivity index (χ2v) is 8.04. The van der Waals surface area contributed by atoms with Crippen LogP contribution in [0, 0.1) is 10.1 Å². The number of nitro groups is 1. The van der Waals surface area contributed by atoms with Crippen molar-refractivity contribution in [3.05, 3.63) is 75.3 Å². The lowest BCUT2D eigenvalue weighted by atomic mass is 10.1. The van der Waals surface area contributed by atoms with E-state index in [1.54, 1.807) is 12.1 Å². The van der Waals surface area contributed by atoms with Crippen LogP contribution in [0.1, 0.15) is 36.0 Å². The summed E-state index contributed by atoms with van der Waals surface area (Å²) in [5, 5.41) is 22.4. The Morgan fingerprint density at radius 1 is 1.00 bits per heavy atom. The largest absolute Gasteiger partial charge is 0.355 e. The Labute approximate surface area is 190 Å². The molecule has 1 fully saturated rings. The molecule has 4 rings (SSSR count). The van der Waals surface area contributed by atoms with Gasteiger partial charge in [0.1, 0.15) is 0 Å². The van der Waals surface area contributed by atoms with Gasteiger partial charge in [0.25, 0.3) is 11.6 Å². The lowest BCUT2D eigenvalue weighted by Gasteiger charge is -2.20. The van der Waals surface area contributed by atoms with Crippen LogP contribution in [0.5, 0.6) is 0 Å². The van der Waals surface area contributed by atoms with Crippen molar-refractivity contribution in [3.8, 4) is 11.3 Å². The van der Waals surface area contributed by atoms with Crippen molar-refractivity contribution >= 4 is 34.7 Å². The van der Waals surface area contributed by atoms with E-state index >= 15 is 0 Å². The van der Waals surface area contributed by atoms with E-state index in [9.17, 15) is 14.9 Å². The Morgan fingerprint density at radius 2 is 1.78 bits per heavy atom. The lowest BCUT2D eigenvalue weighted by Crippen LogP contribution is -2.25. The Hall–Kier alpha value is -3.52. The third kappa shape index (κ3) is 5.03. The quantitative estimate of drug-likeness (QED) is 0.415. The second kappa shape index (κ2) is 9.74. The number of carbonyl (C=O) groups excluding carboxylic acids is 1.